The zero-order chi connectivity index (χ0) is 10.1. The molecule has 0 fully saturated rings. The number of aromatic nitrogens is 2. The normalized spacial score (nSPS) is 14.9. The predicted molar refractivity (Wildman–Crippen MR) is 62.0 cm³/mol. The van der Waals surface area contributed by atoms with Crippen LogP contribution in [-0.2, 0) is 12.8 Å². The molecule has 0 amide bonds. The summed E-state index contributed by atoms with van der Waals surface area (Å²) in [7, 11) is 0. The SMILES string of the molecule is c1cc(-c2nc3c(s2)CCCC3)ccn1. The molecule has 0 bridgehead atoms. The average Bonchev–Trinajstić information content (AvgIpc) is 2.74. The number of rotatable bonds is 1. The van der Waals surface area contributed by atoms with Crippen LogP contribution in [0.25, 0.3) is 10.6 Å². The first-order valence-electron chi connectivity index (χ1n) is 5.32. The number of hydrogen-bond donors (Lipinski definition) is 0. The van der Waals surface area contributed by atoms with Gasteiger partial charge in [-0.25, -0.2) is 4.98 Å². The quantitative estimate of drug-likeness (QED) is 0.732. The van der Waals surface area contributed by atoms with Gasteiger partial charge < -0.3 is 0 Å². The first-order chi connectivity index (χ1) is 7.43. The fourth-order valence-corrected chi connectivity index (χ4v) is 3.13. The second kappa shape index (κ2) is 3.74. The molecular weight excluding hydrogens is 204 g/mol. The Morgan fingerprint density at radius 2 is 1.87 bits per heavy atom. The van der Waals surface area contributed by atoms with E-state index in [0.29, 0.717) is 0 Å². The van der Waals surface area contributed by atoms with Gasteiger partial charge in [-0.05, 0) is 37.8 Å². The molecule has 0 aliphatic heterocycles. The van der Waals surface area contributed by atoms with Crippen LogP contribution in [0.2, 0.25) is 0 Å². The van der Waals surface area contributed by atoms with Crippen molar-refractivity contribution >= 4 is 11.3 Å². The minimum atomic E-state index is 1.16. The Hall–Kier alpha value is -1.22. The van der Waals surface area contributed by atoms with Crippen LogP contribution in [0.5, 0.6) is 0 Å². The van der Waals surface area contributed by atoms with Crippen LogP contribution in [0, 0.1) is 0 Å². The molecule has 0 spiro atoms. The van der Waals surface area contributed by atoms with Crippen molar-refractivity contribution < 1.29 is 0 Å². The summed E-state index contributed by atoms with van der Waals surface area (Å²) in [5.74, 6) is 0. The number of aryl methyl sites for hydroxylation is 2. The van der Waals surface area contributed by atoms with E-state index in [1.807, 2.05) is 35.9 Å². The number of nitrogens with zero attached hydrogens (tertiary/aromatic N) is 2. The van der Waals surface area contributed by atoms with E-state index in [4.69, 9.17) is 4.98 Å². The Balaban J connectivity index is 2.03. The average molecular weight is 216 g/mol. The zero-order valence-electron chi connectivity index (χ0n) is 8.44. The van der Waals surface area contributed by atoms with Crippen LogP contribution < -0.4 is 0 Å². The molecule has 0 unspecified atom stereocenters. The van der Waals surface area contributed by atoms with Gasteiger partial charge in [0.1, 0.15) is 5.01 Å². The predicted octanol–water partition coefficient (Wildman–Crippen LogP) is 3.08. The maximum atomic E-state index is 4.71. The number of fused-ring (bicyclic) bond motifs is 1. The van der Waals surface area contributed by atoms with Crippen molar-refractivity contribution in [1.29, 1.82) is 0 Å². The van der Waals surface area contributed by atoms with E-state index >= 15 is 0 Å². The van der Waals surface area contributed by atoms with Crippen LogP contribution in [0.1, 0.15) is 23.4 Å². The monoisotopic (exact) mass is 216 g/mol. The molecule has 0 aromatic carbocycles. The molecule has 0 saturated carbocycles. The second-order valence-corrected chi connectivity index (χ2v) is 4.92. The van der Waals surface area contributed by atoms with E-state index in [1.54, 1.807) is 0 Å². The molecule has 1 aliphatic carbocycles. The minimum absolute atomic E-state index is 1.16. The molecule has 3 rings (SSSR count). The van der Waals surface area contributed by atoms with E-state index in [9.17, 15) is 0 Å². The maximum Gasteiger partial charge on any atom is 0.123 e. The molecule has 2 heterocycles. The lowest BCUT2D eigenvalue weighted by atomic mass is 10.0. The Morgan fingerprint density at radius 1 is 1.07 bits per heavy atom. The number of pyridine rings is 1. The van der Waals surface area contributed by atoms with E-state index < -0.39 is 0 Å². The second-order valence-electron chi connectivity index (χ2n) is 3.83. The fraction of sp³-hybridized carbons (Fsp3) is 0.333. The van der Waals surface area contributed by atoms with Crippen molar-refractivity contribution in [2.75, 3.05) is 0 Å². The van der Waals surface area contributed by atoms with Crippen molar-refractivity contribution in [2.45, 2.75) is 25.7 Å². The van der Waals surface area contributed by atoms with Crippen LogP contribution in [0.3, 0.4) is 0 Å². The molecule has 0 N–H and O–H groups in total. The van der Waals surface area contributed by atoms with Crippen molar-refractivity contribution in [2.24, 2.45) is 0 Å². The summed E-state index contributed by atoms with van der Waals surface area (Å²) >= 11 is 1.85. The standard InChI is InChI=1S/C12H12N2S/c1-2-4-11-10(3-1)14-12(15-11)9-5-7-13-8-6-9/h5-8H,1-4H2. The smallest absolute Gasteiger partial charge is 0.123 e. The van der Waals surface area contributed by atoms with Gasteiger partial charge in [0, 0.05) is 22.8 Å². The molecule has 76 valence electrons. The lowest BCUT2D eigenvalue weighted by Crippen LogP contribution is -1.98. The Labute approximate surface area is 93.0 Å². The van der Waals surface area contributed by atoms with Gasteiger partial charge in [-0.1, -0.05) is 0 Å². The Bertz CT molecular complexity index is 438. The van der Waals surface area contributed by atoms with E-state index in [1.165, 1.54) is 35.4 Å². The third-order valence-electron chi connectivity index (χ3n) is 2.77. The highest BCUT2D eigenvalue weighted by Crippen LogP contribution is 2.32. The molecule has 1 aliphatic rings. The lowest BCUT2D eigenvalue weighted by molar-refractivity contribution is 0.682. The molecule has 0 radical (unpaired) electrons. The molecule has 0 atom stereocenters. The highest BCUT2D eigenvalue weighted by atomic mass is 32.1. The van der Waals surface area contributed by atoms with Gasteiger partial charge in [-0.15, -0.1) is 11.3 Å². The van der Waals surface area contributed by atoms with Gasteiger partial charge >= 0.3 is 0 Å². The van der Waals surface area contributed by atoms with Crippen LogP contribution in [-0.4, -0.2) is 9.97 Å². The summed E-state index contributed by atoms with van der Waals surface area (Å²) in [5, 5.41) is 1.16. The Morgan fingerprint density at radius 3 is 2.67 bits per heavy atom. The topological polar surface area (TPSA) is 25.8 Å². The largest absolute Gasteiger partial charge is 0.265 e. The third-order valence-corrected chi connectivity index (χ3v) is 3.98. The molecule has 3 heteroatoms. The highest BCUT2D eigenvalue weighted by molar-refractivity contribution is 7.15. The van der Waals surface area contributed by atoms with Crippen LogP contribution in [0.4, 0.5) is 0 Å². The lowest BCUT2D eigenvalue weighted by Gasteiger charge is -2.06. The van der Waals surface area contributed by atoms with E-state index in [0.717, 1.165) is 11.4 Å². The van der Waals surface area contributed by atoms with Crippen molar-refractivity contribution in [3.63, 3.8) is 0 Å². The molecule has 15 heavy (non-hydrogen) atoms. The molecule has 2 aromatic rings. The maximum absolute atomic E-state index is 4.71. The van der Waals surface area contributed by atoms with E-state index in [-0.39, 0.29) is 0 Å². The van der Waals surface area contributed by atoms with Gasteiger partial charge in [-0.2, -0.15) is 0 Å². The summed E-state index contributed by atoms with van der Waals surface area (Å²) in [4.78, 5) is 10.2. The van der Waals surface area contributed by atoms with Gasteiger partial charge in [0.05, 0.1) is 5.69 Å². The van der Waals surface area contributed by atoms with Gasteiger partial charge in [0.25, 0.3) is 0 Å². The molecular formula is C12H12N2S. The first kappa shape index (κ1) is 9.04. The summed E-state index contributed by atoms with van der Waals surface area (Å²) < 4.78 is 0. The van der Waals surface area contributed by atoms with Gasteiger partial charge in [0.15, 0.2) is 0 Å². The molecule has 2 nitrogen and oxygen atoms in total. The van der Waals surface area contributed by atoms with Crippen LogP contribution in [0.15, 0.2) is 24.5 Å². The Kier molecular flexibility index (Phi) is 2.25. The van der Waals surface area contributed by atoms with Crippen molar-refractivity contribution in [3.05, 3.63) is 35.1 Å². The number of hydrogen-bond acceptors (Lipinski definition) is 3. The number of thiazole rings is 1. The third kappa shape index (κ3) is 1.67. The molecule has 2 aromatic heterocycles. The summed E-state index contributed by atoms with van der Waals surface area (Å²) in [5.41, 5.74) is 2.53. The summed E-state index contributed by atoms with van der Waals surface area (Å²) in [6.07, 6.45) is 8.66. The zero-order valence-corrected chi connectivity index (χ0v) is 9.26. The summed E-state index contributed by atoms with van der Waals surface area (Å²) in [6.45, 7) is 0. The van der Waals surface area contributed by atoms with E-state index in [2.05, 4.69) is 4.98 Å². The fourth-order valence-electron chi connectivity index (χ4n) is 1.97. The summed E-state index contributed by atoms with van der Waals surface area (Å²) in [6, 6.07) is 4.06. The molecule has 0 saturated heterocycles. The first-order valence-corrected chi connectivity index (χ1v) is 6.14. The van der Waals surface area contributed by atoms with Crippen molar-refractivity contribution in [3.8, 4) is 10.6 Å². The van der Waals surface area contributed by atoms with Crippen LogP contribution >= 0.6 is 11.3 Å². The minimum Gasteiger partial charge on any atom is -0.265 e. The van der Waals surface area contributed by atoms with Crippen molar-refractivity contribution in [1.82, 2.24) is 9.97 Å². The van der Waals surface area contributed by atoms with Gasteiger partial charge in [0.2, 0.25) is 0 Å². The van der Waals surface area contributed by atoms with Gasteiger partial charge in [-0.3, -0.25) is 4.98 Å². The highest BCUT2D eigenvalue weighted by Gasteiger charge is 2.15.